The molecule has 0 aliphatic rings. The van der Waals surface area contributed by atoms with E-state index in [-0.39, 0.29) is 11.8 Å². The van der Waals surface area contributed by atoms with Crippen LogP contribution in [0, 0.1) is 11.3 Å². The van der Waals surface area contributed by atoms with Gasteiger partial charge in [-0.1, -0.05) is 11.6 Å². The lowest BCUT2D eigenvalue weighted by molar-refractivity contribution is 0.0651. The molecule has 108 valence electrons. The Kier molecular flexibility index (Phi) is 5.93. The van der Waals surface area contributed by atoms with Gasteiger partial charge in [0, 0.05) is 17.6 Å². The molecule has 0 fully saturated rings. The topological polar surface area (TPSA) is 75.0 Å². The molecule has 1 atom stereocenters. The van der Waals surface area contributed by atoms with Gasteiger partial charge in [-0.3, -0.25) is 9.78 Å². The summed E-state index contributed by atoms with van der Waals surface area (Å²) in [5.41, 5.74) is -0.820. The van der Waals surface area contributed by atoms with Crippen molar-refractivity contribution in [1.29, 1.82) is 5.26 Å². The summed E-state index contributed by atoms with van der Waals surface area (Å²) in [5, 5.41) is 12.3. The zero-order valence-electron chi connectivity index (χ0n) is 11.8. The molecule has 0 spiro atoms. The second-order valence-electron chi connectivity index (χ2n) is 4.93. The minimum atomic E-state index is -1.00. The number of nitriles is 1. The van der Waals surface area contributed by atoms with Gasteiger partial charge in [0.25, 0.3) is 5.91 Å². The second kappa shape index (κ2) is 7.22. The molecule has 0 aliphatic heterocycles. The molecule has 1 N–H and O–H groups in total. The highest BCUT2D eigenvalue weighted by atomic mass is 35.5. The molecule has 0 aliphatic carbocycles. The average Bonchev–Trinajstić information content (AvgIpc) is 2.38. The predicted molar refractivity (Wildman–Crippen MR) is 76.4 cm³/mol. The Bertz CT molecular complexity index is 513. The summed E-state index contributed by atoms with van der Waals surface area (Å²) in [7, 11) is 0. The molecule has 0 saturated heterocycles. The average molecular weight is 296 g/mol. The molecule has 1 heterocycles. The van der Waals surface area contributed by atoms with E-state index in [4.69, 9.17) is 16.3 Å². The van der Waals surface area contributed by atoms with Crippen molar-refractivity contribution in [3.05, 3.63) is 29.0 Å². The zero-order valence-corrected chi connectivity index (χ0v) is 12.6. The quantitative estimate of drug-likeness (QED) is 0.875. The first-order valence-corrected chi connectivity index (χ1v) is 6.71. The van der Waals surface area contributed by atoms with Crippen LogP contribution in [0.2, 0.25) is 5.02 Å². The van der Waals surface area contributed by atoms with E-state index in [1.807, 2.05) is 13.8 Å². The number of nitrogens with one attached hydrogen (secondary N) is 1. The highest BCUT2D eigenvalue weighted by molar-refractivity contribution is 6.30. The Labute approximate surface area is 123 Å². The van der Waals surface area contributed by atoms with Crippen LogP contribution in [-0.2, 0) is 4.74 Å². The maximum Gasteiger partial charge on any atom is 0.271 e. The summed E-state index contributed by atoms with van der Waals surface area (Å²) in [4.78, 5) is 16.0. The molecule has 0 bridgehead atoms. The SMILES string of the molecule is CC(C)OCC[C@](C)(C#N)NC(=O)c1cc(Cl)ccn1. The van der Waals surface area contributed by atoms with Crippen molar-refractivity contribution in [2.75, 3.05) is 6.61 Å². The molecule has 0 radical (unpaired) electrons. The Morgan fingerprint density at radius 2 is 2.35 bits per heavy atom. The van der Waals surface area contributed by atoms with E-state index in [1.54, 1.807) is 13.0 Å². The van der Waals surface area contributed by atoms with Crippen LogP contribution in [0.5, 0.6) is 0 Å². The Morgan fingerprint density at radius 3 is 2.90 bits per heavy atom. The molecule has 0 aromatic carbocycles. The lowest BCUT2D eigenvalue weighted by Crippen LogP contribution is -2.46. The number of hydrogen-bond donors (Lipinski definition) is 1. The number of pyridine rings is 1. The molecule has 1 rings (SSSR count). The van der Waals surface area contributed by atoms with Crippen molar-refractivity contribution in [3.8, 4) is 6.07 Å². The highest BCUT2D eigenvalue weighted by Crippen LogP contribution is 2.12. The van der Waals surface area contributed by atoms with Crippen LogP contribution in [0.1, 0.15) is 37.7 Å². The van der Waals surface area contributed by atoms with Crippen LogP contribution in [0.15, 0.2) is 18.3 Å². The largest absolute Gasteiger partial charge is 0.379 e. The lowest BCUT2D eigenvalue weighted by Gasteiger charge is -2.23. The van der Waals surface area contributed by atoms with Crippen LogP contribution in [0.3, 0.4) is 0 Å². The number of amides is 1. The molecule has 6 heteroatoms. The fourth-order valence-electron chi connectivity index (χ4n) is 1.49. The minimum Gasteiger partial charge on any atom is -0.379 e. The Balaban J connectivity index is 2.67. The Hall–Kier alpha value is -1.64. The predicted octanol–water partition coefficient (Wildman–Crippen LogP) is 2.56. The van der Waals surface area contributed by atoms with Crippen molar-refractivity contribution in [2.24, 2.45) is 0 Å². The molecular weight excluding hydrogens is 278 g/mol. The maximum absolute atomic E-state index is 12.0. The van der Waals surface area contributed by atoms with Gasteiger partial charge < -0.3 is 10.1 Å². The summed E-state index contributed by atoms with van der Waals surface area (Å²) in [6.07, 6.45) is 1.93. The van der Waals surface area contributed by atoms with Crippen molar-refractivity contribution in [3.63, 3.8) is 0 Å². The third-order valence-corrected chi connectivity index (χ3v) is 2.88. The number of nitrogens with zero attached hydrogens (tertiary/aromatic N) is 2. The molecule has 1 aromatic heterocycles. The monoisotopic (exact) mass is 295 g/mol. The number of carbonyl (C=O) groups excluding carboxylic acids is 1. The molecule has 0 unspecified atom stereocenters. The van der Waals surface area contributed by atoms with Gasteiger partial charge in [-0.25, -0.2) is 0 Å². The second-order valence-corrected chi connectivity index (χ2v) is 5.36. The zero-order chi connectivity index (χ0) is 15.2. The molecule has 20 heavy (non-hydrogen) atoms. The summed E-state index contributed by atoms with van der Waals surface area (Å²) in [5.74, 6) is -0.430. The van der Waals surface area contributed by atoms with Gasteiger partial charge in [0.1, 0.15) is 11.2 Å². The van der Waals surface area contributed by atoms with E-state index < -0.39 is 11.4 Å². The van der Waals surface area contributed by atoms with Crippen molar-refractivity contribution in [2.45, 2.75) is 38.8 Å². The molecular formula is C14H18ClN3O2. The van der Waals surface area contributed by atoms with Crippen molar-refractivity contribution >= 4 is 17.5 Å². The normalized spacial score (nSPS) is 13.6. The van der Waals surface area contributed by atoms with E-state index in [1.165, 1.54) is 12.3 Å². The van der Waals surface area contributed by atoms with Gasteiger partial charge in [0.05, 0.1) is 18.8 Å². The van der Waals surface area contributed by atoms with E-state index >= 15 is 0 Å². The third kappa shape index (κ3) is 5.16. The van der Waals surface area contributed by atoms with Gasteiger partial charge >= 0.3 is 0 Å². The van der Waals surface area contributed by atoms with E-state index in [0.717, 1.165) is 0 Å². The lowest BCUT2D eigenvalue weighted by atomic mass is 10.00. The number of carbonyl (C=O) groups is 1. The molecule has 0 saturated carbocycles. The van der Waals surface area contributed by atoms with E-state index in [0.29, 0.717) is 18.1 Å². The number of rotatable bonds is 6. The summed E-state index contributed by atoms with van der Waals surface area (Å²) < 4.78 is 5.41. The standard InChI is InChI=1S/C14H18ClN3O2/c1-10(2)20-7-5-14(3,9-16)18-13(19)12-8-11(15)4-6-17-12/h4,6,8,10H,5,7H2,1-3H3,(H,18,19)/t14-/m1/s1. The fraction of sp³-hybridized carbons (Fsp3) is 0.500. The fourth-order valence-corrected chi connectivity index (χ4v) is 1.65. The first-order valence-electron chi connectivity index (χ1n) is 6.33. The summed E-state index contributed by atoms with van der Waals surface area (Å²) >= 11 is 5.81. The van der Waals surface area contributed by atoms with Crippen LogP contribution < -0.4 is 5.32 Å². The van der Waals surface area contributed by atoms with Gasteiger partial charge in [-0.05, 0) is 32.9 Å². The van der Waals surface area contributed by atoms with Gasteiger partial charge in [-0.2, -0.15) is 5.26 Å². The number of halogens is 1. The Morgan fingerprint density at radius 1 is 1.65 bits per heavy atom. The van der Waals surface area contributed by atoms with Crippen LogP contribution >= 0.6 is 11.6 Å². The first kappa shape index (κ1) is 16.4. The number of hydrogen-bond acceptors (Lipinski definition) is 4. The summed E-state index contributed by atoms with van der Waals surface area (Å²) in [6, 6.07) is 5.13. The maximum atomic E-state index is 12.0. The van der Waals surface area contributed by atoms with Gasteiger partial charge in [-0.15, -0.1) is 0 Å². The number of ether oxygens (including phenoxy) is 1. The molecule has 5 nitrogen and oxygen atoms in total. The molecule has 1 aromatic rings. The first-order chi connectivity index (χ1) is 9.36. The van der Waals surface area contributed by atoms with Crippen LogP contribution in [-0.4, -0.2) is 29.1 Å². The number of aromatic nitrogens is 1. The molecule has 1 amide bonds. The third-order valence-electron chi connectivity index (χ3n) is 2.64. The van der Waals surface area contributed by atoms with Crippen molar-refractivity contribution < 1.29 is 9.53 Å². The van der Waals surface area contributed by atoms with Gasteiger partial charge in [0.15, 0.2) is 0 Å². The van der Waals surface area contributed by atoms with E-state index in [9.17, 15) is 10.1 Å². The van der Waals surface area contributed by atoms with Crippen LogP contribution in [0.25, 0.3) is 0 Å². The summed E-state index contributed by atoms with van der Waals surface area (Å²) in [6.45, 7) is 5.88. The van der Waals surface area contributed by atoms with Crippen LogP contribution in [0.4, 0.5) is 0 Å². The van der Waals surface area contributed by atoms with E-state index in [2.05, 4.69) is 16.4 Å². The highest BCUT2D eigenvalue weighted by Gasteiger charge is 2.27. The van der Waals surface area contributed by atoms with Gasteiger partial charge in [0.2, 0.25) is 0 Å². The van der Waals surface area contributed by atoms with Crippen molar-refractivity contribution in [1.82, 2.24) is 10.3 Å². The minimum absolute atomic E-state index is 0.0863. The smallest absolute Gasteiger partial charge is 0.271 e.